The van der Waals surface area contributed by atoms with Crippen molar-refractivity contribution in [3.63, 3.8) is 0 Å². The molecule has 0 spiro atoms. The molecule has 0 aliphatic rings. The third kappa shape index (κ3) is 6.82. The van der Waals surface area contributed by atoms with E-state index in [4.69, 9.17) is 5.73 Å². The van der Waals surface area contributed by atoms with Gasteiger partial charge in [0, 0.05) is 38.7 Å². The second-order valence-corrected chi connectivity index (χ2v) is 7.02. The Hall–Kier alpha value is -2.09. The van der Waals surface area contributed by atoms with Gasteiger partial charge in [-0.1, -0.05) is 6.92 Å². The van der Waals surface area contributed by atoms with Crippen LogP contribution in [0.5, 0.6) is 0 Å². The van der Waals surface area contributed by atoms with Gasteiger partial charge in [0.2, 0.25) is 11.8 Å². The van der Waals surface area contributed by atoms with Crippen LogP contribution >= 0.6 is 0 Å². The molecule has 0 radical (unpaired) electrons. The Balaban J connectivity index is 2.69. The largest absolute Gasteiger partial charge is 0.338 e. The number of hydrogen-bond acceptors (Lipinski definition) is 3. The molecule has 158 valence electrons. The van der Waals surface area contributed by atoms with Crippen molar-refractivity contribution in [3.05, 3.63) is 35.1 Å². The van der Waals surface area contributed by atoms with E-state index in [9.17, 15) is 22.8 Å². The number of hydrogen-bond donors (Lipinski definition) is 1. The van der Waals surface area contributed by atoms with Crippen molar-refractivity contribution in [2.24, 2.45) is 5.73 Å². The van der Waals surface area contributed by atoms with Crippen LogP contribution in [-0.4, -0.2) is 53.8 Å². The summed E-state index contributed by atoms with van der Waals surface area (Å²) in [5, 5.41) is 0. The Morgan fingerprint density at radius 3 is 2.21 bits per heavy atom. The molecule has 0 fully saturated rings. The Morgan fingerprint density at radius 1 is 1.07 bits per heavy atom. The molecule has 1 unspecified atom stereocenters. The maximum atomic E-state index is 13.8. The lowest BCUT2D eigenvalue weighted by atomic mass is 9.97. The summed E-state index contributed by atoms with van der Waals surface area (Å²) in [6.45, 7) is 5.72. The van der Waals surface area contributed by atoms with Gasteiger partial charge in [0.1, 0.15) is 5.82 Å². The predicted octanol–water partition coefficient (Wildman–Crippen LogP) is 2.86. The van der Waals surface area contributed by atoms with Crippen LogP contribution in [0, 0.1) is 17.5 Å². The average molecular weight is 401 g/mol. The van der Waals surface area contributed by atoms with E-state index in [0.29, 0.717) is 31.9 Å². The lowest BCUT2D eigenvalue weighted by molar-refractivity contribution is -0.140. The van der Waals surface area contributed by atoms with E-state index < -0.39 is 23.5 Å². The number of amides is 2. The zero-order valence-electron chi connectivity index (χ0n) is 17.0. The minimum Gasteiger partial charge on any atom is -0.338 e. The number of carbonyl (C=O) groups is 2. The molecule has 0 aromatic heterocycles. The minimum absolute atomic E-state index is 0.00575. The minimum atomic E-state index is -1.23. The lowest BCUT2D eigenvalue weighted by Crippen LogP contribution is -2.46. The summed E-state index contributed by atoms with van der Waals surface area (Å²) in [5.41, 5.74) is 6.10. The van der Waals surface area contributed by atoms with Gasteiger partial charge < -0.3 is 15.5 Å². The number of benzene rings is 1. The topological polar surface area (TPSA) is 66.6 Å². The Kier molecular flexibility index (Phi) is 9.45. The fourth-order valence-corrected chi connectivity index (χ4v) is 3.13. The van der Waals surface area contributed by atoms with E-state index in [1.807, 2.05) is 13.8 Å². The van der Waals surface area contributed by atoms with E-state index in [-0.39, 0.29) is 36.4 Å². The van der Waals surface area contributed by atoms with E-state index in [1.165, 1.54) is 11.8 Å². The maximum Gasteiger partial charge on any atom is 0.242 e. The highest BCUT2D eigenvalue weighted by Gasteiger charge is 2.23. The third-order valence-electron chi connectivity index (χ3n) is 4.93. The van der Waals surface area contributed by atoms with Gasteiger partial charge in [-0.15, -0.1) is 0 Å². The van der Waals surface area contributed by atoms with Gasteiger partial charge in [-0.3, -0.25) is 9.59 Å². The van der Waals surface area contributed by atoms with Crippen molar-refractivity contribution >= 4 is 11.8 Å². The zero-order chi connectivity index (χ0) is 21.4. The van der Waals surface area contributed by atoms with Crippen LogP contribution in [0.25, 0.3) is 0 Å². The van der Waals surface area contributed by atoms with Crippen molar-refractivity contribution in [2.75, 3.05) is 20.1 Å². The van der Waals surface area contributed by atoms with Crippen LogP contribution in [0.4, 0.5) is 13.2 Å². The molecule has 5 nitrogen and oxygen atoms in total. The van der Waals surface area contributed by atoms with Crippen LogP contribution in [0.3, 0.4) is 0 Å². The van der Waals surface area contributed by atoms with Gasteiger partial charge in [-0.05, 0) is 44.2 Å². The fraction of sp³-hybridized carbons (Fsp3) is 0.600. The molecule has 28 heavy (non-hydrogen) atoms. The fourth-order valence-electron chi connectivity index (χ4n) is 3.13. The van der Waals surface area contributed by atoms with Crippen LogP contribution in [0.2, 0.25) is 0 Å². The molecule has 2 amide bonds. The molecule has 0 aliphatic heterocycles. The molecule has 0 aliphatic carbocycles. The van der Waals surface area contributed by atoms with Gasteiger partial charge in [0.25, 0.3) is 0 Å². The second kappa shape index (κ2) is 11.0. The molecule has 1 aromatic rings. The average Bonchev–Trinajstić information content (AvgIpc) is 2.62. The van der Waals surface area contributed by atoms with Gasteiger partial charge in [-0.2, -0.15) is 0 Å². The second-order valence-electron chi connectivity index (χ2n) is 7.02. The van der Waals surface area contributed by atoms with Crippen molar-refractivity contribution in [2.45, 2.75) is 58.5 Å². The monoisotopic (exact) mass is 401 g/mol. The van der Waals surface area contributed by atoms with E-state index in [0.717, 1.165) is 6.07 Å². The number of likely N-dealkylation sites (N-methyl/N-ethyl adjacent to an activating group) is 2. The van der Waals surface area contributed by atoms with E-state index >= 15 is 0 Å². The highest BCUT2D eigenvalue weighted by atomic mass is 19.2. The van der Waals surface area contributed by atoms with Crippen molar-refractivity contribution in [1.29, 1.82) is 0 Å². The smallest absolute Gasteiger partial charge is 0.242 e. The van der Waals surface area contributed by atoms with Gasteiger partial charge in [0.15, 0.2) is 11.6 Å². The number of nitrogens with two attached hydrogens (primary N) is 1. The van der Waals surface area contributed by atoms with Gasteiger partial charge >= 0.3 is 0 Å². The summed E-state index contributed by atoms with van der Waals surface area (Å²) in [5.74, 6) is -3.49. The first kappa shape index (κ1) is 23.9. The third-order valence-corrected chi connectivity index (χ3v) is 4.93. The Labute approximate surface area is 164 Å². The number of nitrogens with zero attached hydrogens (tertiary/aromatic N) is 2. The number of halogens is 3. The van der Waals surface area contributed by atoms with Gasteiger partial charge in [-0.25, -0.2) is 13.2 Å². The Bertz CT molecular complexity index is 685. The van der Waals surface area contributed by atoms with Crippen LogP contribution in [0.1, 0.15) is 45.6 Å². The Morgan fingerprint density at radius 2 is 1.68 bits per heavy atom. The first-order valence-electron chi connectivity index (χ1n) is 9.50. The molecule has 0 saturated heterocycles. The van der Waals surface area contributed by atoms with Crippen LogP contribution < -0.4 is 5.73 Å². The molecule has 1 aromatic carbocycles. The SMILES string of the molecule is CCC(CC[C@H](N)Cc1cc(F)c(F)cc1F)N(CC)C(=O)CN(C)C(C)=O. The molecule has 0 bridgehead atoms. The quantitative estimate of drug-likeness (QED) is 0.613. The van der Waals surface area contributed by atoms with E-state index in [2.05, 4.69) is 0 Å². The van der Waals surface area contributed by atoms with Crippen molar-refractivity contribution < 1.29 is 22.8 Å². The molecular formula is C20H30F3N3O2. The summed E-state index contributed by atoms with van der Waals surface area (Å²) in [6, 6.07) is 0.831. The molecule has 2 atom stereocenters. The van der Waals surface area contributed by atoms with Crippen LogP contribution in [-0.2, 0) is 16.0 Å². The van der Waals surface area contributed by atoms with Crippen LogP contribution in [0.15, 0.2) is 12.1 Å². The molecule has 2 N–H and O–H groups in total. The standard InChI is InChI=1S/C20H30F3N3O2/c1-5-16(26(6-2)20(28)12-25(4)13(3)27)8-7-15(24)9-14-10-18(22)19(23)11-17(14)21/h10-11,15-16H,5-9,12,24H2,1-4H3/t15-,16?/m0/s1. The summed E-state index contributed by atoms with van der Waals surface area (Å²) >= 11 is 0. The van der Waals surface area contributed by atoms with Crippen molar-refractivity contribution in [1.82, 2.24) is 9.80 Å². The number of rotatable bonds is 10. The summed E-state index contributed by atoms with van der Waals surface area (Å²) in [7, 11) is 1.57. The summed E-state index contributed by atoms with van der Waals surface area (Å²) in [4.78, 5) is 26.9. The van der Waals surface area contributed by atoms with Gasteiger partial charge in [0.05, 0.1) is 6.54 Å². The maximum absolute atomic E-state index is 13.8. The first-order valence-corrected chi connectivity index (χ1v) is 9.50. The highest BCUT2D eigenvalue weighted by molar-refractivity contribution is 5.83. The first-order chi connectivity index (χ1) is 13.1. The summed E-state index contributed by atoms with van der Waals surface area (Å²) < 4.78 is 40.1. The summed E-state index contributed by atoms with van der Waals surface area (Å²) in [6.07, 6.45) is 1.86. The number of carbonyl (C=O) groups excluding carboxylic acids is 2. The zero-order valence-corrected chi connectivity index (χ0v) is 17.0. The highest BCUT2D eigenvalue weighted by Crippen LogP contribution is 2.18. The predicted molar refractivity (Wildman–Crippen MR) is 102 cm³/mol. The van der Waals surface area contributed by atoms with E-state index in [1.54, 1.807) is 11.9 Å². The normalized spacial score (nSPS) is 13.1. The molecule has 1 rings (SSSR count). The molecule has 8 heteroatoms. The lowest BCUT2D eigenvalue weighted by Gasteiger charge is -2.32. The molecule has 0 saturated carbocycles. The van der Waals surface area contributed by atoms with Crippen molar-refractivity contribution in [3.8, 4) is 0 Å². The molecular weight excluding hydrogens is 371 g/mol. The molecule has 0 heterocycles.